The van der Waals surface area contributed by atoms with Crippen LogP contribution in [0.3, 0.4) is 0 Å². The summed E-state index contributed by atoms with van der Waals surface area (Å²) in [7, 11) is -4.13. The van der Waals surface area contributed by atoms with E-state index < -0.39 is 34.1 Å². The first-order valence-corrected chi connectivity index (χ1v) is 14.6. The predicted octanol–water partition coefficient (Wildman–Crippen LogP) is 5.57. The van der Waals surface area contributed by atoms with Crippen molar-refractivity contribution < 1.29 is 18.0 Å². The lowest BCUT2D eigenvalue weighted by Crippen LogP contribution is -2.55. The Hall–Kier alpha value is -3.36. The minimum Gasteiger partial charge on any atom is -0.350 e. The highest BCUT2D eigenvalue weighted by molar-refractivity contribution is 7.92. The SMILES string of the molecule is CC[C@@H](C(=O)NC(C)(C)C)N(Cc1ccc(C)cc1)C(=O)CN(c1cccc(Cl)c1)S(=O)(=O)c1ccccc1. The molecular weight excluding hydrogens is 534 g/mol. The van der Waals surface area contributed by atoms with Crippen molar-refractivity contribution in [2.45, 2.75) is 64.1 Å². The molecule has 0 saturated heterocycles. The normalized spacial score (nSPS) is 12.5. The quantitative estimate of drug-likeness (QED) is 0.346. The molecule has 2 amide bonds. The fraction of sp³-hybridized carbons (Fsp3) is 0.333. The summed E-state index contributed by atoms with van der Waals surface area (Å²) in [4.78, 5) is 28.9. The molecule has 0 radical (unpaired) electrons. The number of hydrogen-bond donors (Lipinski definition) is 1. The van der Waals surface area contributed by atoms with Gasteiger partial charge in [0.15, 0.2) is 0 Å². The lowest BCUT2D eigenvalue weighted by atomic mass is 10.1. The summed E-state index contributed by atoms with van der Waals surface area (Å²) in [5.74, 6) is -0.809. The van der Waals surface area contributed by atoms with Crippen LogP contribution in [0.5, 0.6) is 0 Å². The second-order valence-electron chi connectivity index (χ2n) is 10.5. The molecule has 3 aromatic carbocycles. The Morgan fingerprint density at radius 2 is 1.59 bits per heavy atom. The molecule has 208 valence electrons. The molecular formula is C30H36ClN3O4S. The maximum atomic E-state index is 14.0. The van der Waals surface area contributed by atoms with Crippen molar-refractivity contribution in [2.24, 2.45) is 0 Å². The van der Waals surface area contributed by atoms with Gasteiger partial charge in [-0.1, -0.05) is 72.6 Å². The molecule has 0 unspecified atom stereocenters. The smallest absolute Gasteiger partial charge is 0.264 e. The van der Waals surface area contributed by atoms with Gasteiger partial charge >= 0.3 is 0 Å². The molecule has 0 aliphatic carbocycles. The number of carbonyl (C=O) groups excluding carboxylic acids is 2. The van der Waals surface area contributed by atoms with Crippen LogP contribution in [0.1, 0.15) is 45.2 Å². The highest BCUT2D eigenvalue weighted by Gasteiger charge is 2.34. The maximum Gasteiger partial charge on any atom is 0.264 e. The molecule has 0 aliphatic rings. The van der Waals surface area contributed by atoms with Crippen LogP contribution in [0.15, 0.2) is 83.8 Å². The van der Waals surface area contributed by atoms with Gasteiger partial charge in [0.2, 0.25) is 11.8 Å². The molecule has 1 N–H and O–H groups in total. The van der Waals surface area contributed by atoms with Gasteiger partial charge in [-0.15, -0.1) is 0 Å². The van der Waals surface area contributed by atoms with Crippen LogP contribution in [0.25, 0.3) is 0 Å². The molecule has 0 fully saturated rings. The van der Waals surface area contributed by atoms with Crippen LogP contribution in [0, 0.1) is 6.92 Å². The first kappa shape index (κ1) is 30.2. The van der Waals surface area contributed by atoms with E-state index >= 15 is 0 Å². The average Bonchev–Trinajstić information content (AvgIpc) is 2.87. The van der Waals surface area contributed by atoms with E-state index in [9.17, 15) is 18.0 Å². The number of nitrogens with zero attached hydrogens (tertiary/aromatic N) is 2. The first-order valence-electron chi connectivity index (χ1n) is 12.8. The second kappa shape index (κ2) is 12.7. The number of nitrogens with one attached hydrogen (secondary N) is 1. The zero-order valence-corrected chi connectivity index (χ0v) is 24.6. The third-order valence-corrected chi connectivity index (χ3v) is 8.09. The van der Waals surface area contributed by atoms with E-state index in [1.165, 1.54) is 23.1 Å². The molecule has 9 heteroatoms. The first-order chi connectivity index (χ1) is 18.3. The zero-order chi connectivity index (χ0) is 28.8. The van der Waals surface area contributed by atoms with Gasteiger partial charge in [0.05, 0.1) is 10.6 Å². The largest absolute Gasteiger partial charge is 0.350 e. The summed E-state index contributed by atoms with van der Waals surface area (Å²) >= 11 is 6.21. The lowest BCUT2D eigenvalue weighted by Gasteiger charge is -2.34. The third-order valence-electron chi connectivity index (χ3n) is 6.06. The molecule has 0 aliphatic heterocycles. The summed E-state index contributed by atoms with van der Waals surface area (Å²) in [5, 5.41) is 3.30. The van der Waals surface area contributed by atoms with Gasteiger partial charge in [-0.2, -0.15) is 0 Å². The van der Waals surface area contributed by atoms with Crippen molar-refractivity contribution in [2.75, 3.05) is 10.8 Å². The summed E-state index contributed by atoms with van der Waals surface area (Å²) in [6.07, 6.45) is 0.349. The van der Waals surface area contributed by atoms with Gasteiger partial charge in [-0.3, -0.25) is 13.9 Å². The van der Waals surface area contributed by atoms with E-state index in [-0.39, 0.29) is 23.0 Å². The van der Waals surface area contributed by atoms with Gasteiger partial charge in [-0.05, 0) is 70.0 Å². The number of anilines is 1. The van der Waals surface area contributed by atoms with E-state index in [1.54, 1.807) is 36.4 Å². The van der Waals surface area contributed by atoms with Crippen molar-refractivity contribution in [3.05, 3.63) is 95.0 Å². The van der Waals surface area contributed by atoms with Gasteiger partial charge < -0.3 is 10.2 Å². The Labute approximate surface area is 236 Å². The van der Waals surface area contributed by atoms with Crippen molar-refractivity contribution in [1.29, 1.82) is 0 Å². The predicted molar refractivity (Wildman–Crippen MR) is 156 cm³/mol. The molecule has 0 spiro atoms. The van der Waals surface area contributed by atoms with E-state index in [0.717, 1.165) is 15.4 Å². The third kappa shape index (κ3) is 8.07. The lowest BCUT2D eigenvalue weighted by molar-refractivity contribution is -0.141. The molecule has 0 bridgehead atoms. The molecule has 7 nitrogen and oxygen atoms in total. The fourth-order valence-corrected chi connectivity index (χ4v) is 5.75. The number of halogens is 1. The van der Waals surface area contributed by atoms with Crippen LogP contribution in [0.4, 0.5) is 5.69 Å². The van der Waals surface area contributed by atoms with E-state index in [2.05, 4.69) is 5.32 Å². The minimum absolute atomic E-state index is 0.0420. The van der Waals surface area contributed by atoms with Crippen molar-refractivity contribution in [3.63, 3.8) is 0 Å². The highest BCUT2D eigenvalue weighted by Crippen LogP contribution is 2.27. The Bertz CT molecular complexity index is 1390. The number of benzene rings is 3. The van der Waals surface area contributed by atoms with Gasteiger partial charge in [0.25, 0.3) is 10.0 Å². The number of rotatable bonds is 10. The highest BCUT2D eigenvalue weighted by atomic mass is 35.5. The Morgan fingerprint density at radius 3 is 2.15 bits per heavy atom. The molecule has 0 heterocycles. The number of carbonyl (C=O) groups is 2. The van der Waals surface area contributed by atoms with Crippen LogP contribution >= 0.6 is 11.6 Å². The van der Waals surface area contributed by atoms with E-state index in [0.29, 0.717) is 11.4 Å². The number of hydrogen-bond acceptors (Lipinski definition) is 4. The summed E-state index contributed by atoms with van der Waals surface area (Å²) in [5.41, 5.74) is 1.64. The summed E-state index contributed by atoms with van der Waals surface area (Å²) < 4.78 is 28.6. The van der Waals surface area contributed by atoms with Crippen LogP contribution in [0.2, 0.25) is 5.02 Å². The molecule has 0 saturated carbocycles. The Balaban J connectivity index is 2.06. The fourth-order valence-electron chi connectivity index (χ4n) is 4.14. The van der Waals surface area contributed by atoms with Gasteiger partial charge in [0.1, 0.15) is 12.6 Å². The van der Waals surface area contributed by atoms with Crippen LogP contribution < -0.4 is 9.62 Å². The standard InChI is InChI=1S/C30H36ClN3O4S/c1-6-27(29(36)32-30(3,4)5)33(20-23-17-15-22(2)16-18-23)28(35)21-34(25-12-10-11-24(31)19-25)39(37,38)26-13-8-7-9-14-26/h7-19,27H,6,20-21H2,1-5H3,(H,32,36)/t27-/m0/s1. The molecule has 39 heavy (non-hydrogen) atoms. The van der Waals surface area contributed by atoms with E-state index in [4.69, 9.17) is 11.6 Å². The second-order valence-corrected chi connectivity index (χ2v) is 12.8. The maximum absolute atomic E-state index is 14.0. The molecule has 1 atom stereocenters. The average molecular weight is 570 g/mol. The zero-order valence-electron chi connectivity index (χ0n) is 23.0. The monoisotopic (exact) mass is 569 g/mol. The molecule has 0 aromatic heterocycles. The summed E-state index contributed by atoms with van der Waals surface area (Å²) in [6, 6.07) is 21.2. The van der Waals surface area contributed by atoms with Crippen molar-refractivity contribution in [1.82, 2.24) is 10.2 Å². The number of amides is 2. The molecule has 3 rings (SSSR count). The van der Waals surface area contributed by atoms with Crippen molar-refractivity contribution >= 4 is 39.1 Å². The van der Waals surface area contributed by atoms with E-state index in [1.807, 2.05) is 58.9 Å². The molecule has 3 aromatic rings. The van der Waals surface area contributed by atoms with Crippen molar-refractivity contribution in [3.8, 4) is 0 Å². The van der Waals surface area contributed by atoms with Crippen LogP contribution in [-0.2, 0) is 26.2 Å². The van der Waals surface area contributed by atoms with Gasteiger partial charge in [0, 0.05) is 17.1 Å². The summed E-state index contributed by atoms with van der Waals surface area (Å²) in [6.45, 7) is 9.05. The Kier molecular flexibility index (Phi) is 9.80. The number of sulfonamides is 1. The Morgan fingerprint density at radius 1 is 0.949 bits per heavy atom. The van der Waals surface area contributed by atoms with Crippen LogP contribution in [-0.4, -0.2) is 43.3 Å². The van der Waals surface area contributed by atoms with Gasteiger partial charge in [-0.25, -0.2) is 8.42 Å². The minimum atomic E-state index is -4.13. The topological polar surface area (TPSA) is 86.8 Å². The number of aryl methyl sites for hydroxylation is 1.